The molecule has 0 fully saturated rings. The Morgan fingerprint density at radius 1 is 0.525 bits per heavy atom. The second kappa shape index (κ2) is 43.3. The van der Waals surface area contributed by atoms with Crippen molar-refractivity contribution in [3.63, 3.8) is 0 Å². The average molecular weight is 846 g/mol. The van der Waals surface area contributed by atoms with Crippen LogP contribution in [-0.4, -0.2) is 68.3 Å². The number of likely N-dealkylation sites (N-methyl/N-ethyl adjacent to an activating group) is 1. The first kappa shape index (κ1) is 56.2. The summed E-state index contributed by atoms with van der Waals surface area (Å²) < 4.78 is 33.4. The summed E-state index contributed by atoms with van der Waals surface area (Å²) in [6.45, 7) is 4.16. The fourth-order valence-corrected chi connectivity index (χ4v) is 6.38. The molecule has 2 atom stereocenters. The van der Waals surface area contributed by atoms with Crippen LogP contribution < -0.4 is 0 Å². The number of hydrogen-bond donors (Lipinski definition) is 1. The van der Waals surface area contributed by atoms with Crippen molar-refractivity contribution in [2.45, 2.75) is 174 Å². The lowest BCUT2D eigenvalue weighted by molar-refractivity contribution is -0.161. The van der Waals surface area contributed by atoms with E-state index in [2.05, 4.69) is 86.8 Å². The third-order valence-corrected chi connectivity index (χ3v) is 10.2. The number of allylic oxidation sites excluding steroid dienone is 14. The molecule has 9 nitrogen and oxygen atoms in total. The number of hydrogen-bond acceptors (Lipinski definition) is 8. The lowest BCUT2D eigenvalue weighted by Crippen LogP contribution is -2.29. The number of rotatable bonds is 41. The monoisotopic (exact) mass is 846 g/mol. The third kappa shape index (κ3) is 44.6. The van der Waals surface area contributed by atoms with Crippen molar-refractivity contribution in [3.8, 4) is 0 Å². The standard InChI is InChI=1S/C49H84NO8P/c1-5-7-9-11-13-15-17-19-21-23-24-26-27-29-31-33-35-37-39-41-48(51)55-45-47(46-57-59(53,54)56-44-43-50(3)4)58-49(52)42-40-38-36-34-32-30-28-25-22-20-18-16-14-12-10-8-6-2/h13-16,19-22,24,26,29,31,35,37,47H,5-12,17-18,23,25,27-28,30,32-34,36,38-46H2,1-4H3,(H,53,54)/b15-13-,16-14-,21-19-,22-20-,26-24-,31-29-,37-35-. The van der Waals surface area contributed by atoms with E-state index in [1.807, 2.05) is 26.2 Å². The summed E-state index contributed by atoms with van der Waals surface area (Å²) >= 11 is 0. The highest BCUT2D eigenvalue weighted by molar-refractivity contribution is 7.47. The molecule has 0 spiro atoms. The Balaban J connectivity index is 4.41. The molecule has 2 unspecified atom stereocenters. The second-order valence-electron chi connectivity index (χ2n) is 15.2. The predicted octanol–water partition coefficient (Wildman–Crippen LogP) is 13.4. The molecule has 0 aromatic heterocycles. The summed E-state index contributed by atoms with van der Waals surface area (Å²) in [5.74, 6) is -0.914. The van der Waals surface area contributed by atoms with Crippen LogP contribution in [0.3, 0.4) is 0 Å². The van der Waals surface area contributed by atoms with Crippen molar-refractivity contribution in [1.82, 2.24) is 4.90 Å². The van der Waals surface area contributed by atoms with Gasteiger partial charge in [-0.25, -0.2) is 4.57 Å². The van der Waals surface area contributed by atoms with E-state index in [0.717, 1.165) is 57.8 Å². The van der Waals surface area contributed by atoms with Crippen molar-refractivity contribution in [1.29, 1.82) is 0 Å². The molecule has 0 aliphatic rings. The van der Waals surface area contributed by atoms with E-state index in [-0.39, 0.29) is 26.1 Å². The van der Waals surface area contributed by atoms with Crippen molar-refractivity contribution in [3.05, 3.63) is 85.1 Å². The van der Waals surface area contributed by atoms with Crippen LogP contribution in [0.1, 0.15) is 168 Å². The van der Waals surface area contributed by atoms with Crippen molar-refractivity contribution < 1.29 is 37.6 Å². The molecule has 0 aliphatic heterocycles. The smallest absolute Gasteiger partial charge is 0.462 e. The predicted molar refractivity (Wildman–Crippen MR) is 247 cm³/mol. The first-order valence-electron chi connectivity index (χ1n) is 22.9. The summed E-state index contributed by atoms with van der Waals surface area (Å²) in [6.07, 6.45) is 53.5. The molecule has 0 amide bonds. The van der Waals surface area contributed by atoms with Gasteiger partial charge in [0.2, 0.25) is 0 Å². The number of nitrogens with zero attached hydrogens (tertiary/aromatic N) is 1. The fourth-order valence-electron chi connectivity index (χ4n) is 5.64. The summed E-state index contributed by atoms with van der Waals surface area (Å²) in [4.78, 5) is 37.0. The highest BCUT2D eigenvalue weighted by Gasteiger charge is 2.26. The summed E-state index contributed by atoms with van der Waals surface area (Å²) in [7, 11) is -0.757. The van der Waals surface area contributed by atoms with E-state index in [4.69, 9.17) is 18.5 Å². The van der Waals surface area contributed by atoms with Gasteiger partial charge in [-0.05, 0) is 97.6 Å². The van der Waals surface area contributed by atoms with Gasteiger partial charge in [-0.15, -0.1) is 0 Å². The van der Waals surface area contributed by atoms with Gasteiger partial charge in [-0.2, -0.15) is 0 Å². The van der Waals surface area contributed by atoms with E-state index in [9.17, 15) is 19.0 Å². The van der Waals surface area contributed by atoms with Crippen molar-refractivity contribution >= 4 is 19.8 Å². The van der Waals surface area contributed by atoms with E-state index in [0.29, 0.717) is 19.4 Å². The molecule has 0 radical (unpaired) electrons. The maximum absolute atomic E-state index is 12.7. The van der Waals surface area contributed by atoms with Crippen LogP contribution in [0.15, 0.2) is 85.1 Å². The Morgan fingerprint density at radius 3 is 1.42 bits per heavy atom. The number of phosphoric ester groups is 1. The number of unbranched alkanes of at least 4 members (excludes halogenated alkanes) is 13. The average Bonchev–Trinajstić information content (AvgIpc) is 3.20. The molecule has 0 heterocycles. The Labute approximate surface area is 360 Å². The van der Waals surface area contributed by atoms with Gasteiger partial charge in [0.05, 0.1) is 13.2 Å². The van der Waals surface area contributed by atoms with E-state index >= 15 is 0 Å². The van der Waals surface area contributed by atoms with Crippen LogP contribution in [0.4, 0.5) is 0 Å². The molecule has 1 N–H and O–H groups in total. The zero-order valence-electron chi connectivity index (χ0n) is 37.7. The first-order valence-corrected chi connectivity index (χ1v) is 24.4. The Morgan fingerprint density at radius 2 is 0.949 bits per heavy atom. The first-order chi connectivity index (χ1) is 28.7. The lowest BCUT2D eigenvalue weighted by atomic mass is 10.1. The molecule has 59 heavy (non-hydrogen) atoms. The molecule has 338 valence electrons. The van der Waals surface area contributed by atoms with Crippen LogP contribution in [0.25, 0.3) is 0 Å². The largest absolute Gasteiger partial charge is 0.472 e. The SMILES string of the molecule is CCCCC/C=C\C/C=C\C/C=C\C/C=C\C/C=C\CCC(=O)OCC(COP(=O)(O)OCCN(C)C)OC(=O)CCCCCCCCC/C=C\C/C=C\CCCCC. The Bertz CT molecular complexity index is 1250. The van der Waals surface area contributed by atoms with Gasteiger partial charge in [0.25, 0.3) is 0 Å². The maximum atomic E-state index is 12.7. The zero-order chi connectivity index (χ0) is 43.3. The second-order valence-corrected chi connectivity index (χ2v) is 16.7. The molecule has 10 heteroatoms. The minimum Gasteiger partial charge on any atom is -0.462 e. The quantitative estimate of drug-likeness (QED) is 0.0278. The van der Waals surface area contributed by atoms with Crippen LogP contribution in [0.2, 0.25) is 0 Å². The van der Waals surface area contributed by atoms with Gasteiger partial charge in [-0.3, -0.25) is 18.6 Å². The lowest BCUT2D eigenvalue weighted by Gasteiger charge is -2.20. The highest BCUT2D eigenvalue weighted by atomic mass is 31.2. The van der Waals surface area contributed by atoms with E-state index < -0.39 is 32.5 Å². The summed E-state index contributed by atoms with van der Waals surface area (Å²) in [6, 6.07) is 0. The molecule has 0 aromatic rings. The number of ether oxygens (including phenoxy) is 2. The molecule has 0 bridgehead atoms. The molecular formula is C49H84NO8P. The molecule has 0 aromatic carbocycles. The summed E-state index contributed by atoms with van der Waals surface area (Å²) in [5.41, 5.74) is 0. The van der Waals surface area contributed by atoms with Gasteiger partial charge in [0.15, 0.2) is 6.10 Å². The Kier molecular flexibility index (Phi) is 41.2. The van der Waals surface area contributed by atoms with Gasteiger partial charge in [0.1, 0.15) is 6.61 Å². The fraction of sp³-hybridized carbons (Fsp3) is 0.673. The number of esters is 2. The molecule has 0 saturated carbocycles. The van der Waals surface area contributed by atoms with Gasteiger partial charge < -0.3 is 19.3 Å². The minimum absolute atomic E-state index is 0.00960. The van der Waals surface area contributed by atoms with Crippen LogP contribution in [-0.2, 0) is 32.7 Å². The van der Waals surface area contributed by atoms with Crippen LogP contribution in [0, 0.1) is 0 Å². The molecular weight excluding hydrogens is 762 g/mol. The molecule has 0 aliphatic carbocycles. The van der Waals surface area contributed by atoms with Crippen LogP contribution in [0.5, 0.6) is 0 Å². The number of phosphoric acid groups is 1. The topological polar surface area (TPSA) is 112 Å². The van der Waals surface area contributed by atoms with E-state index in [1.165, 1.54) is 70.6 Å². The Hall–Kier alpha value is -2.81. The van der Waals surface area contributed by atoms with E-state index in [1.54, 1.807) is 4.90 Å². The van der Waals surface area contributed by atoms with Crippen molar-refractivity contribution in [2.75, 3.05) is 40.5 Å². The third-order valence-electron chi connectivity index (χ3n) is 9.19. The normalized spacial score (nSPS) is 14.1. The zero-order valence-corrected chi connectivity index (χ0v) is 38.6. The molecule has 0 saturated heterocycles. The molecule has 0 rings (SSSR count). The van der Waals surface area contributed by atoms with Gasteiger partial charge >= 0.3 is 19.8 Å². The summed E-state index contributed by atoms with van der Waals surface area (Å²) in [5, 5.41) is 0. The van der Waals surface area contributed by atoms with Crippen molar-refractivity contribution in [2.24, 2.45) is 0 Å². The minimum atomic E-state index is -4.39. The van der Waals surface area contributed by atoms with Gasteiger partial charge in [-0.1, -0.05) is 157 Å². The maximum Gasteiger partial charge on any atom is 0.472 e. The highest BCUT2D eigenvalue weighted by Crippen LogP contribution is 2.43. The number of carbonyl (C=O) groups is 2. The van der Waals surface area contributed by atoms with Crippen LogP contribution >= 0.6 is 7.82 Å². The van der Waals surface area contributed by atoms with Gasteiger partial charge in [0, 0.05) is 19.4 Å². The number of carbonyl (C=O) groups excluding carboxylic acids is 2.